The van der Waals surface area contributed by atoms with E-state index in [0.717, 1.165) is 5.56 Å². The summed E-state index contributed by atoms with van der Waals surface area (Å²) < 4.78 is 7.04. The highest BCUT2D eigenvalue weighted by molar-refractivity contribution is 7.98. The summed E-state index contributed by atoms with van der Waals surface area (Å²) in [5.41, 5.74) is 2.13. The van der Waals surface area contributed by atoms with Crippen molar-refractivity contribution < 1.29 is 4.52 Å². The average molecular weight is 462 g/mol. The highest BCUT2D eigenvalue weighted by atomic mass is 35.5. The van der Waals surface area contributed by atoms with Crippen molar-refractivity contribution in [3.63, 3.8) is 0 Å². The molecule has 2 aromatic carbocycles. The topological polar surface area (TPSA) is 86.7 Å². The Balaban J connectivity index is 1.47. The van der Waals surface area contributed by atoms with Crippen molar-refractivity contribution in [3.05, 3.63) is 99.8 Å². The van der Waals surface area contributed by atoms with E-state index in [4.69, 9.17) is 21.1 Å². The van der Waals surface area contributed by atoms with Gasteiger partial charge in [-0.25, -0.2) is 4.98 Å². The van der Waals surface area contributed by atoms with E-state index in [1.807, 2.05) is 48.5 Å². The first kappa shape index (κ1) is 20.4. The minimum atomic E-state index is -0.105. The van der Waals surface area contributed by atoms with Gasteiger partial charge in [0.2, 0.25) is 0 Å². The largest absolute Gasteiger partial charge is 0.334 e. The molecule has 0 radical (unpaired) electrons. The molecule has 0 aliphatic rings. The summed E-state index contributed by atoms with van der Waals surface area (Å²) in [6.45, 7) is 0.365. The third kappa shape index (κ3) is 4.15. The number of hydrogen-bond acceptors (Lipinski definition) is 7. The predicted octanol–water partition coefficient (Wildman–Crippen LogP) is 4.84. The van der Waals surface area contributed by atoms with Crippen molar-refractivity contribution in [1.29, 1.82) is 0 Å². The first-order valence-electron chi connectivity index (χ1n) is 9.78. The number of rotatable bonds is 6. The summed E-state index contributed by atoms with van der Waals surface area (Å²) >= 11 is 7.60. The number of fused-ring (bicyclic) bond motifs is 1. The van der Waals surface area contributed by atoms with E-state index >= 15 is 0 Å². The van der Waals surface area contributed by atoms with Crippen molar-refractivity contribution in [2.24, 2.45) is 0 Å². The summed E-state index contributed by atoms with van der Waals surface area (Å²) in [4.78, 5) is 26.5. The molecule has 32 heavy (non-hydrogen) atoms. The molecule has 9 heteroatoms. The second-order valence-corrected chi connectivity index (χ2v) is 8.30. The molecule has 0 aliphatic carbocycles. The third-order valence-electron chi connectivity index (χ3n) is 4.79. The van der Waals surface area contributed by atoms with Gasteiger partial charge in [0.25, 0.3) is 11.4 Å². The lowest BCUT2D eigenvalue weighted by Gasteiger charge is -2.12. The summed E-state index contributed by atoms with van der Waals surface area (Å²) in [7, 11) is 0. The van der Waals surface area contributed by atoms with Crippen molar-refractivity contribution in [2.45, 2.75) is 17.5 Å². The SMILES string of the molecule is O=c1c2ccccc2nc(SCc2noc(-c3ccccc3Cl)n2)n1Cc1cccnc1. The lowest BCUT2D eigenvalue weighted by molar-refractivity contribution is 0.425. The van der Waals surface area contributed by atoms with Crippen molar-refractivity contribution in [3.8, 4) is 11.5 Å². The number of hydrogen-bond donors (Lipinski definition) is 0. The van der Waals surface area contributed by atoms with Gasteiger partial charge in [-0.05, 0) is 35.9 Å². The monoisotopic (exact) mass is 461 g/mol. The number of benzene rings is 2. The third-order valence-corrected chi connectivity index (χ3v) is 6.09. The van der Waals surface area contributed by atoms with Crippen LogP contribution in [0.5, 0.6) is 0 Å². The molecule has 0 unspecified atom stereocenters. The molecule has 3 aromatic heterocycles. The molecule has 0 amide bonds. The zero-order valence-electron chi connectivity index (χ0n) is 16.7. The van der Waals surface area contributed by atoms with Crippen LogP contribution in [0.2, 0.25) is 5.02 Å². The van der Waals surface area contributed by atoms with Crippen molar-refractivity contribution >= 4 is 34.3 Å². The van der Waals surface area contributed by atoms with E-state index < -0.39 is 0 Å². The summed E-state index contributed by atoms with van der Waals surface area (Å²) in [6.07, 6.45) is 3.44. The van der Waals surface area contributed by atoms with Crippen LogP contribution in [0, 0.1) is 0 Å². The van der Waals surface area contributed by atoms with Gasteiger partial charge in [-0.3, -0.25) is 14.3 Å². The summed E-state index contributed by atoms with van der Waals surface area (Å²) in [5, 5.41) is 5.74. The lowest BCUT2D eigenvalue weighted by Crippen LogP contribution is -2.24. The number of nitrogens with zero attached hydrogens (tertiary/aromatic N) is 5. The highest BCUT2D eigenvalue weighted by Crippen LogP contribution is 2.27. The van der Waals surface area contributed by atoms with Crippen LogP contribution in [0.1, 0.15) is 11.4 Å². The number of aromatic nitrogens is 5. The second-order valence-electron chi connectivity index (χ2n) is 6.95. The first-order valence-corrected chi connectivity index (χ1v) is 11.1. The minimum Gasteiger partial charge on any atom is -0.334 e. The molecular formula is C23H16ClN5O2S. The van der Waals surface area contributed by atoms with E-state index in [2.05, 4.69) is 15.1 Å². The summed E-state index contributed by atoms with van der Waals surface area (Å²) in [6, 6.07) is 18.4. The first-order chi connectivity index (χ1) is 15.7. The molecule has 5 rings (SSSR count). The molecule has 0 spiro atoms. The minimum absolute atomic E-state index is 0.105. The maximum atomic E-state index is 13.2. The molecular weight excluding hydrogens is 446 g/mol. The zero-order chi connectivity index (χ0) is 21.9. The fourth-order valence-electron chi connectivity index (χ4n) is 3.26. The van der Waals surface area contributed by atoms with Crippen LogP contribution in [-0.2, 0) is 12.3 Å². The molecule has 0 bridgehead atoms. The maximum absolute atomic E-state index is 13.2. The van der Waals surface area contributed by atoms with Crippen molar-refractivity contribution in [1.82, 2.24) is 24.7 Å². The van der Waals surface area contributed by atoms with Gasteiger partial charge < -0.3 is 4.52 Å². The highest BCUT2D eigenvalue weighted by Gasteiger charge is 2.15. The Kier molecular flexibility index (Phi) is 5.70. The van der Waals surface area contributed by atoms with Crippen LogP contribution >= 0.6 is 23.4 Å². The number of para-hydroxylation sites is 1. The van der Waals surface area contributed by atoms with Crippen LogP contribution < -0.4 is 5.56 Å². The molecule has 0 atom stereocenters. The Hall–Kier alpha value is -3.49. The van der Waals surface area contributed by atoms with Crippen LogP contribution in [0.15, 0.2) is 87.5 Å². The number of pyridine rings is 1. The molecule has 0 aliphatic heterocycles. The number of thioether (sulfide) groups is 1. The zero-order valence-corrected chi connectivity index (χ0v) is 18.3. The Morgan fingerprint density at radius 2 is 1.84 bits per heavy atom. The van der Waals surface area contributed by atoms with E-state index in [-0.39, 0.29) is 5.56 Å². The van der Waals surface area contributed by atoms with Gasteiger partial charge in [-0.2, -0.15) is 4.98 Å². The van der Waals surface area contributed by atoms with Crippen LogP contribution in [-0.4, -0.2) is 24.7 Å². The van der Waals surface area contributed by atoms with E-state index in [9.17, 15) is 4.79 Å². The van der Waals surface area contributed by atoms with Gasteiger partial charge in [0.1, 0.15) is 0 Å². The van der Waals surface area contributed by atoms with E-state index in [0.29, 0.717) is 50.7 Å². The van der Waals surface area contributed by atoms with E-state index in [1.54, 1.807) is 29.1 Å². The van der Waals surface area contributed by atoms with Gasteiger partial charge in [0.15, 0.2) is 11.0 Å². The molecule has 0 saturated heterocycles. The molecule has 5 aromatic rings. The lowest BCUT2D eigenvalue weighted by atomic mass is 10.2. The second kappa shape index (κ2) is 8.94. The molecule has 7 nitrogen and oxygen atoms in total. The smallest absolute Gasteiger partial charge is 0.262 e. The maximum Gasteiger partial charge on any atom is 0.262 e. The van der Waals surface area contributed by atoms with Crippen LogP contribution in [0.4, 0.5) is 0 Å². The fourth-order valence-corrected chi connectivity index (χ4v) is 4.32. The Labute approximate surface area is 192 Å². The van der Waals surface area contributed by atoms with Gasteiger partial charge in [-0.15, -0.1) is 0 Å². The van der Waals surface area contributed by atoms with Crippen LogP contribution in [0.3, 0.4) is 0 Å². The summed E-state index contributed by atoms with van der Waals surface area (Å²) in [5.74, 6) is 1.22. The predicted molar refractivity (Wildman–Crippen MR) is 124 cm³/mol. The van der Waals surface area contributed by atoms with Crippen molar-refractivity contribution in [2.75, 3.05) is 0 Å². The van der Waals surface area contributed by atoms with E-state index in [1.165, 1.54) is 11.8 Å². The standard InChI is InChI=1S/C23H16ClN5O2S/c24-18-9-3-1-7-16(18)21-27-20(28-31-21)14-32-23-26-19-10-4-2-8-17(19)22(30)29(23)13-15-6-5-11-25-12-15/h1-12H,13-14H2. The molecule has 158 valence electrons. The number of halogens is 1. The van der Waals surface area contributed by atoms with Gasteiger partial charge >= 0.3 is 0 Å². The van der Waals surface area contributed by atoms with Gasteiger partial charge in [-0.1, -0.05) is 58.9 Å². The van der Waals surface area contributed by atoms with Gasteiger partial charge in [0.05, 0.1) is 33.8 Å². The molecule has 3 heterocycles. The Morgan fingerprint density at radius 3 is 2.69 bits per heavy atom. The normalized spacial score (nSPS) is 11.2. The van der Waals surface area contributed by atoms with Gasteiger partial charge in [0, 0.05) is 12.4 Å². The molecule has 0 N–H and O–H groups in total. The molecule has 0 fully saturated rings. The van der Waals surface area contributed by atoms with Crippen LogP contribution in [0.25, 0.3) is 22.4 Å². The fraction of sp³-hybridized carbons (Fsp3) is 0.0870. The Morgan fingerprint density at radius 1 is 1.00 bits per heavy atom. The quantitative estimate of drug-likeness (QED) is 0.264. The average Bonchev–Trinajstić information content (AvgIpc) is 3.29. The molecule has 0 saturated carbocycles. The Bertz CT molecular complexity index is 1450.